The van der Waals surface area contributed by atoms with Crippen molar-refractivity contribution >= 4 is 5.82 Å². The largest absolute Gasteiger partial charge is 0.355 e. The number of nitrogens with one attached hydrogen (secondary N) is 1. The molecule has 2 rings (SSSR count). The van der Waals surface area contributed by atoms with E-state index in [1.54, 1.807) is 6.33 Å². The van der Waals surface area contributed by atoms with E-state index in [1.165, 1.54) is 19.3 Å². The van der Waals surface area contributed by atoms with Gasteiger partial charge in [-0.1, -0.05) is 13.3 Å². The van der Waals surface area contributed by atoms with Gasteiger partial charge in [0.05, 0.1) is 0 Å². The molecule has 1 saturated heterocycles. The van der Waals surface area contributed by atoms with E-state index < -0.39 is 0 Å². The van der Waals surface area contributed by atoms with Crippen molar-refractivity contribution in [1.29, 1.82) is 0 Å². The third-order valence-corrected chi connectivity index (χ3v) is 3.63. The first-order chi connectivity index (χ1) is 8.83. The van der Waals surface area contributed by atoms with Crippen molar-refractivity contribution in [3.05, 3.63) is 18.1 Å². The summed E-state index contributed by atoms with van der Waals surface area (Å²) in [6.45, 7) is 7.53. The van der Waals surface area contributed by atoms with Gasteiger partial charge < -0.3 is 10.2 Å². The maximum absolute atomic E-state index is 4.41. The Labute approximate surface area is 110 Å². The van der Waals surface area contributed by atoms with Crippen LogP contribution in [0.3, 0.4) is 0 Å². The fourth-order valence-electron chi connectivity index (χ4n) is 2.48. The lowest BCUT2D eigenvalue weighted by Crippen LogP contribution is -2.44. The number of nitrogens with zero attached hydrogens (tertiary/aromatic N) is 3. The molecule has 1 fully saturated rings. The zero-order valence-corrected chi connectivity index (χ0v) is 11.5. The molecule has 1 N–H and O–H groups in total. The number of aryl methyl sites for hydroxylation is 1. The molecule has 4 heteroatoms. The highest BCUT2D eigenvalue weighted by Crippen LogP contribution is 2.15. The molecule has 1 aliphatic heterocycles. The Morgan fingerprint density at radius 3 is 2.89 bits per heavy atom. The van der Waals surface area contributed by atoms with Crippen molar-refractivity contribution in [1.82, 2.24) is 15.3 Å². The van der Waals surface area contributed by atoms with E-state index in [2.05, 4.69) is 40.1 Å². The minimum absolute atomic E-state index is 0.610. The SMILES string of the molecule is CCc1cc(N(CC)CC2CCCCN2)ncn1. The smallest absolute Gasteiger partial charge is 0.132 e. The standard InChI is InChI=1S/C14H24N4/c1-3-12-9-14(17-11-16-12)18(4-2)10-13-7-5-6-8-15-13/h9,11,13,15H,3-8,10H2,1-2H3. The lowest BCUT2D eigenvalue weighted by molar-refractivity contribution is 0.399. The molecule has 1 aromatic rings. The van der Waals surface area contributed by atoms with Gasteiger partial charge in [-0.15, -0.1) is 0 Å². The van der Waals surface area contributed by atoms with Crippen molar-refractivity contribution in [2.75, 3.05) is 24.5 Å². The fourth-order valence-corrected chi connectivity index (χ4v) is 2.48. The average molecular weight is 248 g/mol. The number of likely N-dealkylation sites (N-methyl/N-ethyl adjacent to an activating group) is 1. The molecule has 0 aromatic carbocycles. The zero-order valence-electron chi connectivity index (χ0n) is 11.5. The Hall–Kier alpha value is -1.16. The molecule has 4 nitrogen and oxygen atoms in total. The van der Waals surface area contributed by atoms with Crippen molar-refractivity contribution in [3.8, 4) is 0 Å². The minimum atomic E-state index is 0.610. The Morgan fingerprint density at radius 2 is 2.22 bits per heavy atom. The summed E-state index contributed by atoms with van der Waals surface area (Å²) in [7, 11) is 0. The van der Waals surface area contributed by atoms with Gasteiger partial charge in [0.1, 0.15) is 12.1 Å². The Balaban J connectivity index is 2.02. The predicted octanol–water partition coefficient (Wildman–Crippen LogP) is 2.01. The Bertz CT molecular complexity index is 361. The summed E-state index contributed by atoms with van der Waals surface area (Å²) in [6, 6.07) is 2.73. The van der Waals surface area contributed by atoms with Gasteiger partial charge in [-0.2, -0.15) is 0 Å². The van der Waals surface area contributed by atoms with Crippen LogP contribution in [0.5, 0.6) is 0 Å². The van der Waals surface area contributed by atoms with E-state index in [4.69, 9.17) is 0 Å². The molecule has 100 valence electrons. The molecule has 0 saturated carbocycles. The van der Waals surface area contributed by atoms with Gasteiger partial charge in [0.25, 0.3) is 0 Å². The maximum atomic E-state index is 4.41. The normalized spacial score (nSPS) is 19.8. The second-order valence-corrected chi connectivity index (χ2v) is 4.91. The van der Waals surface area contributed by atoms with Crippen LogP contribution in [0.1, 0.15) is 38.8 Å². The van der Waals surface area contributed by atoms with Crippen molar-refractivity contribution in [3.63, 3.8) is 0 Å². The van der Waals surface area contributed by atoms with E-state index in [-0.39, 0.29) is 0 Å². The summed E-state index contributed by atoms with van der Waals surface area (Å²) in [6.07, 6.45) is 6.59. The topological polar surface area (TPSA) is 41.0 Å². The highest BCUT2D eigenvalue weighted by molar-refractivity contribution is 5.39. The molecule has 1 aliphatic rings. The first-order valence-electron chi connectivity index (χ1n) is 7.12. The highest BCUT2D eigenvalue weighted by atomic mass is 15.2. The summed E-state index contributed by atoms with van der Waals surface area (Å²) in [5.74, 6) is 1.07. The van der Waals surface area contributed by atoms with Gasteiger partial charge in [-0.3, -0.25) is 0 Å². The monoisotopic (exact) mass is 248 g/mol. The van der Waals surface area contributed by atoms with E-state index in [1.807, 2.05) is 0 Å². The summed E-state index contributed by atoms with van der Waals surface area (Å²) >= 11 is 0. The van der Waals surface area contributed by atoms with Crippen molar-refractivity contribution < 1.29 is 0 Å². The third kappa shape index (κ3) is 3.42. The number of anilines is 1. The molecular weight excluding hydrogens is 224 g/mol. The van der Waals surface area contributed by atoms with E-state index in [0.29, 0.717) is 6.04 Å². The second kappa shape index (κ2) is 6.69. The maximum Gasteiger partial charge on any atom is 0.132 e. The number of rotatable bonds is 5. The van der Waals surface area contributed by atoms with Crippen LogP contribution in [0.15, 0.2) is 12.4 Å². The minimum Gasteiger partial charge on any atom is -0.355 e. The van der Waals surface area contributed by atoms with Crippen LogP contribution in [0.25, 0.3) is 0 Å². The highest BCUT2D eigenvalue weighted by Gasteiger charge is 2.16. The van der Waals surface area contributed by atoms with Gasteiger partial charge in [-0.25, -0.2) is 9.97 Å². The summed E-state index contributed by atoms with van der Waals surface area (Å²) in [5.41, 5.74) is 1.12. The Morgan fingerprint density at radius 1 is 1.33 bits per heavy atom. The molecule has 0 spiro atoms. The molecule has 0 amide bonds. The molecule has 1 atom stereocenters. The lowest BCUT2D eigenvalue weighted by Gasteiger charge is -2.30. The van der Waals surface area contributed by atoms with Crippen LogP contribution >= 0.6 is 0 Å². The summed E-state index contributed by atoms with van der Waals surface area (Å²) in [5, 5.41) is 3.60. The molecule has 1 aromatic heterocycles. The number of hydrogen-bond donors (Lipinski definition) is 1. The number of hydrogen-bond acceptors (Lipinski definition) is 4. The van der Waals surface area contributed by atoms with E-state index in [0.717, 1.165) is 37.6 Å². The van der Waals surface area contributed by atoms with Gasteiger partial charge in [0.15, 0.2) is 0 Å². The molecule has 0 aliphatic carbocycles. The van der Waals surface area contributed by atoms with E-state index >= 15 is 0 Å². The molecule has 2 heterocycles. The average Bonchev–Trinajstić information content (AvgIpc) is 2.46. The predicted molar refractivity (Wildman–Crippen MR) is 74.9 cm³/mol. The number of aromatic nitrogens is 2. The van der Waals surface area contributed by atoms with Gasteiger partial charge in [0, 0.05) is 30.9 Å². The van der Waals surface area contributed by atoms with Crippen LogP contribution in [0.2, 0.25) is 0 Å². The number of piperidine rings is 1. The third-order valence-electron chi connectivity index (χ3n) is 3.63. The lowest BCUT2D eigenvalue weighted by atomic mass is 10.0. The summed E-state index contributed by atoms with van der Waals surface area (Å²) in [4.78, 5) is 11.0. The molecule has 18 heavy (non-hydrogen) atoms. The van der Waals surface area contributed by atoms with Gasteiger partial charge in [0.2, 0.25) is 0 Å². The second-order valence-electron chi connectivity index (χ2n) is 4.91. The first-order valence-corrected chi connectivity index (χ1v) is 7.12. The molecule has 1 unspecified atom stereocenters. The van der Waals surface area contributed by atoms with Crippen LogP contribution in [0.4, 0.5) is 5.82 Å². The zero-order chi connectivity index (χ0) is 12.8. The molecule has 0 radical (unpaired) electrons. The fraction of sp³-hybridized carbons (Fsp3) is 0.714. The van der Waals surface area contributed by atoms with Crippen LogP contribution in [0, 0.1) is 0 Å². The Kier molecular flexibility index (Phi) is 4.93. The van der Waals surface area contributed by atoms with Crippen molar-refractivity contribution in [2.45, 2.75) is 45.6 Å². The molecular formula is C14H24N4. The quantitative estimate of drug-likeness (QED) is 0.865. The van der Waals surface area contributed by atoms with Crippen LogP contribution in [-0.4, -0.2) is 35.6 Å². The summed E-state index contributed by atoms with van der Waals surface area (Å²) < 4.78 is 0. The first kappa shape index (κ1) is 13.3. The van der Waals surface area contributed by atoms with E-state index in [9.17, 15) is 0 Å². The van der Waals surface area contributed by atoms with Crippen molar-refractivity contribution in [2.24, 2.45) is 0 Å². The van der Waals surface area contributed by atoms with Crippen LogP contribution in [-0.2, 0) is 6.42 Å². The van der Waals surface area contributed by atoms with Gasteiger partial charge in [-0.05, 0) is 32.7 Å². The molecule has 0 bridgehead atoms. The van der Waals surface area contributed by atoms with Crippen LogP contribution < -0.4 is 10.2 Å². The van der Waals surface area contributed by atoms with Gasteiger partial charge >= 0.3 is 0 Å².